The van der Waals surface area contributed by atoms with E-state index in [2.05, 4.69) is 167 Å². The number of hydrogen-bond donors (Lipinski definition) is 2. The number of rotatable bonds is 11. The van der Waals surface area contributed by atoms with Gasteiger partial charge in [0.1, 0.15) is 0 Å². The van der Waals surface area contributed by atoms with E-state index in [0.717, 1.165) is 0 Å². The normalized spacial score (nSPS) is 13.2. The summed E-state index contributed by atoms with van der Waals surface area (Å²) >= 11 is 0. The molecule has 0 radical (unpaired) electrons. The van der Waals surface area contributed by atoms with Crippen molar-refractivity contribution in [1.29, 1.82) is 0 Å². The van der Waals surface area contributed by atoms with Crippen molar-refractivity contribution in [2.24, 2.45) is 0 Å². The molecule has 4 aromatic carbocycles. The van der Waals surface area contributed by atoms with Crippen molar-refractivity contribution in [2.45, 2.75) is 119 Å². The van der Waals surface area contributed by atoms with Crippen LogP contribution < -0.4 is 10.6 Å². The number of nitrogens with one attached hydrogen (secondary N) is 2. The lowest BCUT2D eigenvalue weighted by Crippen LogP contribution is -2.29. The highest BCUT2D eigenvalue weighted by Crippen LogP contribution is 2.44. The Morgan fingerprint density at radius 3 is 0.955 bits per heavy atom. The standard InChI is InChI=1S/C42H56N2/c1-25(2)33-15-13-16-34(26(3)4)39(33)43-41(37-23-29(9)19-21-31(37)11)42(38-24-30(10)20-22-32(38)12)44-40-35(27(5)6)17-14-18-36(40)28(7)8/h13-28,41-44H,1-12H3/t41-,42-/m0/s1. The molecule has 0 saturated heterocycles. The molecule has 2 atom stereocenters. The summed E-state index contributed by atoms with van der Waals surface area (Å²) in [4.78, 5) is 0. The summed E-state index contributed by atoms with van der Waals surface area (Å²) in [6, 6.07) is 27.5. The Bertz CT molecular complexity index is 1400. The van der Waals surface area contributed by atoms with Crippen LogP contribution in [-0.2, 0) is 0 Å². The van der Waals surface area contributed by atoms with Crippen molar-refractivity contribution < 1.29 is 0 Å². The Labute approximate surface area is 268 Å². The second-order valence-corrected chi connectivity index (χ2v) is 14.2. The van der Waals surface area contributed by atoms with E-state index in [9.17, 15) is 0 Å². The van der Waals surface area contributed by atoms with Crippen molar-refractivity contribution in [2.75, 3.05) is 10.6 Å². The van der Waals surface area contributed by atoms with Crippen LogP contribution in [0.5, 0.6) is 0 Å². The lowest BCUT2D eigenvalue weighted by Gasteiger charge is -2.37. The predicted octanol–water partition coefficient (Wildman–Crippen LogP) is 12.4. The van der Waals surface area contributed by atoms with Crippen LogP contribution in [0.3, 0.4) is 0 Å². The van der Waals surface area contributed by atoms with Gasteiger partial charge < -0.3 is 10.6 Å². The molecular weight excluding hydrogens is 532 g/mol. The van der Waals surface area contributed by atoms with Gasteiger partial charge in [0, 0.05) is 11.4 Å². The first-order valence-electron chi connectivity index (χ1n) is 16.7. The van der Waals surface area contributed by atoms with Gasteiger partial charge in [-0.15, -0.1) is 0 Å². The predicted molar refractivity (Wildman–Crippen MR) is 194 cm³/mol. The summed E-state index contributed by atoms with van der Waals surface area (Å²) in [5.41, 5.74) is 15.9. The fourth-order valence-electron chi connectivity index (χ4n) is 6.62. The summed E-state index contributed by atoms with van der Waals surface area (Å²) < 4.78 is 0. The maximum atomic E-state index is 4.26. The topological polar surface area (TPSA) is 24.1 Å². The Morgan fingerprint density at radius 2 is 0.682 bits per heavy atom. The van der Waals surface area contributed by atoms with Crippen LogP contribution in [0, 0.1) is 27.7 Å². The Kier molecular flexibility index (Phi) is 10.7. The molecule has 0 unspecified atom stereocenters. The summed E-state index contributed by atoms with van der Waals surface area (Å²) in [6.45, 7) is 27.5. The van der Waals surface area contributed by atoms with Crippen molar-refractivity contribution in [3.05, 3.63) is 128 Å². The largest absolute Gasteiger partial charge is 0.375 e. The van der Waals surface area contributed by atoms with Gasteiger partial charge in [-0.25, -0.2) is 0 Å². The van der Waals surface area contributed by atoms with Gasteiger partial charge in [-0.1, -0.05) is 139 Å². The van der Waals surface area contributed by atoms with Gasteiger partial charge in [0.25, 0.3) is 0 Å². The lowest BCUT2D eigenvalue weighted by molar-refractivity contribution is 0.634. The van der Waals surface area contributed by atoms with E-state index in [1.807, 2.05) is 0 Å². The summed E-state index contributed by atoms with van der Waals surface area (Å²) in [5, 5.41) is 8.53. The number of benzene rings is 4. The van der Waals surface area contributed by atoms with E-state index in [1.54, 1.807) is 0 Å². The summed E-state index contributed by atoms with van der Waals surface area (Å²) in [7, 11) is 0. The van der Waals surface area contributed by atoms with Crippen LogP contribution in [0.4, 0.5) is 11.4 Å². The SMILES string of the molecule is Cc1ccc(C)c([C@H](Nc2c(C(C)C)cccc2C(C)C)[C@@H](Nc2c(C(C)C)cccc2C(C)C)c2cc(C)ccc2C)c1. The van der Waals surface area contributed by atoms with Crippen LogP contribution in [0.25, 0.3) is 0 Å². The van der Waals surface area contributed by atoms with E-state index in [4.69, 9.17) is 0 Å². The molecule has 0 fully saturated rings. The molecule has 2 N–H and O–H groups in total. The van der Waals surface area contributed by atoms with E-state index in [-0.39, 0.29) is 12.1 Å². The van der Waals surface area contributed by atoms with Gasteiger partial charge in [-0.3, -0.25) is 0 Å². The van der Waals surface area contributed by atoms with Crippen LogP contribution in [0.1, 0.15) is 147 Å². The van der Waals surface area contributed by atoms with E-state index in [1.165, 1.54) is 67.0 Å². The van der Waals surface area contributed by atoms with E-state index in [0.29, 0.717) is 23.7 Å². The molecule has 4 rings (SSSR count). The average Bonchev–Trinajstić information content (AvgIpc) is 2.97. The van der Waals surface area contributed by atoms with Crippen LogP contribution in [0.15, 0.2) is 72.8 Å². The van der Waals surface area contributed by atoms with Crippen molar-refractivity contribution in [3.63, 3.8) is 0 Å². The maximum absolute atomic E-state index is 4.26. The molecule has 0 aliphatic carbocycles. The van der Waals surface area contributed by atoms with Crippen molar-refractivity contribution >= 4 is 11.4 Å². The number of para-hydroxylation sites is 2. The smallest absolute Gasteiger partial charge is 0.0760 e. The molecule has 4 aromatic rings. The minimum atomic E-state index is -0.0203. The van der Waals surface area contributed by atoms with E-state index < -0.39 is 0 Å². The Balaban J connectivity index is 2.07. The second kappa shape index (κ2) is 14.1. The average molecular weight is 589 g/mol. The number of anilines is 2. The Morgan fingerprint density at radius 1 is 0.386 bits per heavy atom. The summed E-state index contributed by atoms with van der Waals surface area (Å²) in [5.74, 6) is 1.60. The number of aryl methyl sites for hydroxylation is 4. The third kappa shape index (κ3) is 7.23. The molecular formula is C42H56N2. The molecule has 2 heteroatoms. The second-order valence-electron chi connectivity index (χ2n) is 14.2. The first-order valence-corrected chi connectivity index (χ1v) is 16.7. The van der Waals surface area contributed by atoms with Crippen molar-refractivity contribution in [3.8, 4) is 0 Å². The monoisotopic (exact) mass is 588 g/mol. The van der Waals surface area contributed by atoms with Gasteiger partial charge in [0.05, 0.1) is 12.1 Å². The molecule has 2 nitrogen and oxygen atoms in total. The van der Waals surface area contributed by atoms with E-state index >= 15 is 0 Å². The minimum Gasteiger partial charge on any atom is -0.375 e. The molecule has 0 aliphatic rings. The molecule has 44 heavy (non-hydrogen) atoms. The fraction of sp³-hybridized carbons (Fsp3) is 0.429. The maximum Gasteiger partial charge on any atom is 0.0760 e. The fourth-order valence-corrected chi connectivity index (χ4v) is 6.62. The van der Waals surface area contributed by atoms with Gasteiger partial charge in [0.15, 0.2) is 0 Å². The van der Waals surface area contributed by atoms with Gasteiger partial charge in [-0.2, -0.15) is 0 Å². The molecule has 0 bridgehead atoms. The van der Waals surface area contributed by atoms with Crippen LogP contribution >= 0.6 is 0 Å². The quantitative estimate of drug-likeness (QED) is 0.182. The third-order valence-corrected chi connectivity index (χ3v) is 9.22. The molecule has 0 spiro atoms. The third-order valence-electron chi connectivity index (χ3n) is 9.22. The first-order chi connectivity index (χ1) is 20.8. The highest BCUT2D eigenvalue weighted by Gasteiger charge is 2.31. The zero-order chi connectivity index (χ0) is 32.3. The van der Waals surface area contributed by atoms with Gasteiger partial charge in [-0.05, 0) is 95.9 Å². The van der Waals surface area contributed by atoms with Crippen molar-refractivity contribution in [1.82, 2.24) is 0 Å². The molecule has 0 amide bonds. The zero-order valence-electron chi connectivity index (χ0n) is 29.4. The molecule has 0 heterocycles. The Hall–Kier alpha value is -3.52. The molecule has 0 saturated carbocycles. The van der Waals surface area contributed by atoms with Gasteiger partial charge in [0.2, 0.25) is 0 Å². The van der Waals surface area contributed by atoms with Crippen LogP contribution in [0.2, 0.25) is 0 Å². The molecule has 0 aromatic heterocycles. The summed E-state index contributed by atoms with van der Waals surface area (Å²) in [6.07, 6.45) is 0. The van der Waals surface area contributed by atoms with Gasteiger partial charge >= 0.3 is 0 Å². The lowest BCUT2D eigenvalue weighted by atomic mass is 9.84. The van der Waals surface area contributed by atoms with Crippen LogP contribution in [-0.4, -0.2) is 0 Å². The highest BCUT2D eigenvalue weighted by atomic mass is 15.0. The molecule has 0 aliphatic heterocycles. The minimum absolute atomic E-state index is 0.0203. The highest BCUT2D eigenvalue weighted by molar-refractivity contribution is 5.65. The first kappa shape index (κ1) is 33.4. The molecule has 234 valence electrons. The zero-order valence-corrected chi connectivity index (χ0v) is 29.4. The number of hydrogen-bond acceptors (Lipinski definition) is 2.